The number of hydrogen-bond donors (Lipinski definition) is 1. The molecule has 9 heteroatoms. The predicted molar refractivity (Wildman–Crippen MR) is 123 cm³/mol. The van der Waals surface area contributed by atoms with Crippen LogP contribution in [-0.2, 0) is 28.7 Å². The minimum Gasteiger partial charge on any atom is -0.497 e. The van der Waals surface area contributed by atoms with Gasteiger partial charge in [-0.2, -0.15) is 0 Å². The average molecular weight is 469 g/mol. The molecule has 0 saturated carbocycles. The van der Waals surface area contributed by atoms with E-state index < -0.39 is 41.3 Å². The molecule has 9 nitrogen and oxygen atoms in total. The second kappa shape index (κ2) is 10.4. The normalized spacial score (nSPS) is 19.3. The summed E-state index contributed by atoms with van der Waals surface area (Å²) in [4.78, 5) is 53.8. The summed E-state index contributed by atoms with van der Waals surface area (Å²) in [7, 11) is 1.53. The molecule has 0 unspecified atom stereocenters. The first-order chi connectivity index (χ1) is 16.3. The Morgan fingerprint density at radius 3 is 2.00 bits per heavy atom. The van der Waals surface area contributed by atoms with Crippen molar-refractivity contribution in [3.63, 3.8) is 0 Å². The van der Waals surface area contributed by atoms with E-state index >= 15 is 0 Å². The zero-order valence-corrected chi connectivity index (χ0v) is 19.6. The SMILES string of the molecule is CCOC(=O)C(C(=O)OCC)[C@]1(NC(C)=O)C(=O)N(c2ccc(OC)cc2)[C@@H]1c1ccccc1. The summed E-state index contributed by atoms with van der Waals surface area (Å²) >= 11 is 0. The maximum atomic E-state index is 13.9. The lowest BCUT2D eigenvalue weighted by Gasteiger charge is -2.57. The number of benzene rings is 2. The summed E-state index contributed by atoms with van der Waals surface area (Å²) in [5, 5.41) is 2.64. The standard InChI is InChI=1S/C25H28N2O7/c1-5-33-22(29)20(23(30)34-6-2)25(26-16(3)28)21(17-10-8-7-9-11-17)27(24(25)31)18-12-14-19(32-4)15-13-18/h7-15,20-21H,5-6H2,1-4H3,(H,26,28)/t21-,25-/m1/s1. The van der Waals surface area contributed by atoms with Gasteiger partial charge < -0.3 is 19.5 Å². The van der Waals surface area contributed by atoms with Gasteiger partial charge in [-0.3, -0.25) is 24.1 Å². The quantitative estimate of drug-likeness (QED) is 0.342. The molecule has 1 N–H and O–H groups in total. The molecule has 1 aliphatic heterocycles. The van der Waals surface area contributed by atoms with Crippen molar-refractivity contribution in [2.24, 2.45) is 5.92 Å². The Bertz CT molecular complexity index is 1040. The number of hydrogen-bond acceptors (Lipinski definition) is 7. The Balaban J connectivity index is 2.23. The third kappa shape index (κ3) is 4.33. The zero-order chi connectivity index (χ0) is 24.9. The van der Waals surface area contributed by atoms with Crippen molar-refractivity contribution in [2.75, 3.05) is 25.2 Å². The molecule has 0 spiro atoms. The molecule has 1 aliphatic rings. The first kappa shape index (κ1) is 24.8. The number of β-lactam (4-membered cyclic amide) rings is 1. The maximum Gasteiger partial charge on any atom is 0.323 e. The van der Waals surface area contributed by atoms with E-state index in [0.717, 1.165) is 0 Å². The van der Waals surface area contributed by atoms with Crippen LogP contribution in [0.5, 0.6) is 5.75 Å². The Kier molecular flexibility index (Phi) is 7.55. The molecule has 0 aromatic heterocycles. The van der Waals surface area contributed by atoms with Gasteiger partial charge in [0.15, 0.2) is 11.5 Å². The number of ether oxygens (including phenoxy) is 3. The molecule has 2 aromatic carbocycles. The van der Waals surface area contributed by atoms with Crippen LogP contribution < -0.4 is 15.0 Å². The van der Waals surface area contributed by atoms with Gasteiger partial charge in [-0.05, 0) is 43.7 Å². The van der Waals surface area contributed by atoms with Gasteiger partial charge in [0.2, 0.25) is 5.91 Å². The van der Waals surface area contributed by atoms with Gasteiger partial charge in [0.1, 0.15) is 5.75 Å². The van der Waals surface area contributed by atoms with E-state index in [0.29, 0.717) is 17.0 Å². The Hall–Kier alpha value is -3.88. The molecule has 0 radical (unpaired) electrons. The monoisotopic (exact) mass is 468 g/mol. The number of nitrogens with one attached hydrogen (secondary N) is 1. The van der Waals surface area contributed by atoms with Crippen molar-refractivity contribution in [2.45, 2.75) is 32.4 Å². The molecular formula is C25H28N2O7. The van der Waals surface area contributed by atoms with E-state index in [1.54, 1.807) is 68.4 Å². The molecule has 2 amide bonds. The van der Waals surface area contributed by atoms with Crippen molar-refractivity contribution >= 4 is 29.4 Å². The van der Waals surface area contributed by atoms with Crippen LogP contribution >= 0.6 is 0 Å². The summed E-state index contributed by atoms with van der Waals surface area (Å²) in [6.07, 6.45) is 0. The van der Waals surface area contributed by atoms with Crippen molar-refractivity contribution in [3.8, 4) is 5.75 Å². The van der Waals surface area contributed by atoms with Crippen LogP contribution in [0, 0.1) is 5.92 Å². The summed E-state index contributed by atoms with van der Waals surface area (Å²) in [5.74, 6) is -4.22. The summed E-state index contributed by atoms with van der Waals surface area (Å²) < 4.78 is 15.5. The van der Waals surface area contributed by atoms with Crippen molar-refractivity contribution < 1.29 is 33.4 Å². The molecule has 2 atom stereocenters. The van der Waals surface area contributed by atoms with E-state index in [1.807, 2.05) is 0 Å². The molecule has 1 saturated heterocycles. The van der Waals surface area contributed by atoms with Gasteiger partial charge in [0.25, 0.3) is 5.91 Å². The number of carbonyl (C=O) groups excluding carboxylic acids is 4. The average Bonchev–Trinajstić information content (AvgIpc) is 2.82. The van der Waals surface area contributed by atoms with E-state index in [4.69, 9.17) is 14.2 Å². The maximum absolute atomic E-state index is 13.9. The van der Waals surface area contributed by atoms with Crippen LogP contribution in [0.4, 0.5) is 5.69 Å². The Labute approximate surface area is 198 Å². The van der Waals surface area contributed by atoms with Crippen LogP contribution in [-0.4, -0.2) is 49.6 Å². The smallest absolute Gasteiger partial charge is 0.323 e. The minimum atomic E-state index is -1.94. The number of rotatable bonds is 9. The number of methoxy groups -OCH3 is 1. The van der Waals surface area contributed by atoms with Crippen molar-refractivity contribution in [1.82, 2.24) is 5.32 Å². The molecule has 3 rings (SSSR count). The summed E-state index contributed by atoms with van der Waals surface area (Å²) in [6, 6.07) is 14.7. The highest BCUT2D eigenvalue weighted by Gasteiger charge is 2.71. The first-order valence-corrected chi connectivity index (χ1v) is 11.0. The van der Waals surface area contributed by atoms with Crippen molar-refractivity contribution in [3.05, 3.63) is 60.2 Å². The zero-order valence-electron chi connectivity index (χ0n) is 19.6. The van der Waals surface area contributed by atoms with Crippen LogP contribution in [0.3, 0.4) is 0 Å². The third-order valence-electron chi connectivity index (χ3n) is 5.61. The van der Waals surface area contributed by atoms with Crippen molar-refractivity contribution in [1.29, 1.82) is 0 Å². The van der Waals surface area contributed by atoms with Crippen LogP contribution in [0.25, 0.3) is 0 Å². The summed E-state index contributed by atoms with van der Waals surface area (Å²) in [6.45, 7) is 4.37. The van der Waals surface area contributed by atoms with Crippen LogP contribution in [0.15, 0.2) is 54.6 Å². The van der Waals surface area contributed by atoms with Crippen LogP contribution in [0.1, 0.15) is 32.4 Å². The van der Waals surface area contributed by atoms with Gasteiger partial charge >= 0.3 is 11.9 Å². The second-order valence-corrected chi connectivity index (χ2v) is 7.67. The lowest BCUT2D eigenvalue weighted by Crippen LogP contribution is -2.80. The number of amides is 2. The van der Waals surface area contributed by atoms with Crippen LogP contribution in [0.2, 0.25) is 0 Å². The number of nitrogens with zero attached hydrogens (tertiary/aromatic N) is 1. The third-order valence-corrected chi connectivity index (χ3v) is 5.61. The molecule has 180 valence electrons. The molecular weight excluding hydrogens is 440 g/mol. The minimum absolute atomic E-state index is 0.0166. The van der Waals surface area contributed by atoms with Gasteiger partial charge in [-0.1, -0.05) is 30.3 Å². The largest absolute Gasteiger partial charge is 0.497 e. The van der Waals surface area contributed by atoms with Gasteiger partial charge in [-0.25, -0.2) is 0 Å². The molecule has 2 aromatic rings. The summed E-state index contributed by atoms with van der Waals surface area (Å²) in [5.41, 5.74) is -0.816. The number of carbonyl (C=O) groups is 4. The van der Waals surface area contributed by atoms with E-state index in [2.05, 4.69) is 5.32 Å². The number of anilines is 1. The van der Waals surface area contributed by atoms with E-state index in [1.165, 1.54) is 18.9 Å². The lowest BCUT2D eigenvalue weighted by molar-refractivity contribution is -0.173. The van der Waals surface area contributed by atoms with E-state index in [9.17, 15) is 19.2 Å². The second-order valence-electron chi connectivity index (χ2n) is 7.67. The highest BCUT2D eigenvalue weighted by Crippen LogP contribution is 2.51. The molecule has 0 bridgehead atoms. The molecule has 1 heterocycles. The van der Waals surface area contributed by atoms with E-state index in [-0.39, 0.29) is 13.2 Å². The first-order valence-electron chi connectivity index (χ1n) is 11.0. The van der Waals surface area contributed by atoms with Gasteiger partial charge in [-0.15, -0.1) is 0 Å². The lowest BCUT2D eigenvalue weighted by atomic mass is 9.66. The van der Waals surface area contributed by atoms with Gasteiger partial charge in [0, 0.05) is 12.6 Å². The molecule has 0 aliphatic carbocycles. The highest BCUT2D eigenvalue weighted by molar-refractivity contribution is 6.17. The van der Waals surface area contributed by atoms with Gasteiger partial charge in [0.05, 0.1) is 26.4 Å². The Morgan fingerprint density at radius 1 is 0.971 bits per heavy atom. The topological polar surface area (TPSA) is 111 Å². The molecule has 1 fully saturated rings. The number of esters is 2. The molecule has 34 heavy (non-hydrogen) atoms. The fourth-order valence-electron chi connectivity index (χ4n) is 4.31. The fraction of sp³-hybridized carbons (Fsp3) is 0.360. The predicted octanol–water partition coefficient (Wildman–Crippen LogP) is 2.40. The highest BCUT2D eigenvalue weighted by atomic mass is 16.6. The fourth-order valence-corrected chi connectivity index (χ4v) is 4.31. The Morgan fingerprint density at radius 2 is 1.53 bits per heavy atom.